The van der Waals surface area contributed by atoms with Crippen molar-refractivity contribution in [2.75, 3.05) is 27.2 Å². The standard InChI is InChI=1S/C14H26N2O4/c1-14(2,7-13(19)20)6-12(18)16-9-11(17)5-10(16)8-15(3)4/h10-11,17H,5-9H2,1-4H3,(H,19,20). The number of aliphatic hydroxyl groups is 1. The van der Waals surface area contributed by atoms with Gasteiger partial charge in [-0.05, 0) is 25.9 Å². The summed E-state index contributed by atoms with van der Waals surface area (Å²) in [7, 11) is 3.86. The molecule has 1 rings (SSSR count). The predicted octanol–water partition coefficient (Wildman–Crippen LogP) is 0.401. The van der Waals surface area contributed by atoms with Crippen LogP contribution in [0.15, 0.2) is 0 Å². The van der Waals surface area contributed by atoms with Crippen LogP contribution < -0.4 is 0 Å². The molecular formula is C14H26N2O4. The minimum Gasteiger partial charge on any atom is -0.481 e. The first kappa shape index (κ1) is 16.9. The predicted molar refractivity (Wildman–Crippen MR) is 75.3 cm³/mol. The fraction of sp³-hybridized carbons (Fsp3) is 0.857. The summed E-state index contributed by atoms with van der Waals surface area (Å²) in [6, 6.07) is 0.00753. The number of carbonyl (C=O) groups is 2. The first-order chi connectivity index (χ1) is 9.10. The highest BCUT2D eigenvalue weighted by atomic mass is 16.4. The number of aliphatic hydroxyl groups excluding tert-OH is 1. The second-order valence-corrected chi connectivity index (χ2v) is 6.76. The van der Waals surface area contributed by atoms with E-state index in [0.29, 0.717) is 19.5 Å². The van der Waals surface area contributed by atoms with Gasteiger partial charge in [-0.3, -0.25) is 9.59 Å². The lowest BCUT2D eigenvalue weighted by Crippen LogP contribution is -2.43. The number of amides is 1. The van der Waals surface area contributed by atoms with E-state index in [1.165, 1.54) is 0 Å². The molecule has 1 heterocycles. The molecule has 1 aliphatic rings. The van der Waals surface area contributed by atoms with Crippen LogP contribution in [0.3, 0.4) is 0 Å². The largest absolute Gasteiger partial charge is 0.481 e. The van der Waals surface area contributed by atoms with Crippen molar-refractivity contribution in [1.29, 1.82) is 0 Å². The molecule has 116 valence electrons. The summed E-state index contributed by atoms with van der Waals surface area (Å²) in [6.07, 6.45) is 0.263. The molecule has 6 heteroatoms. The highest BCUT2D eigenvalue weighted by molar-refractivity contribution is 5.78. The SMILES string of the molecule is CN(C)CC1CC(O)CN1C(=O)CC(C)(C)CC(=O)O. The lowest BCUT2D eigenvalue weighted by atomic mass is 9.85. The Balaban J connectivity index is 2.67. The van der Waals surface area contributed by atoms with Crippen molar-refractivity contribution in [2.45, 2.75) is 45.3 Å². The van der Waals surface area contributed by atoms with Crippen LogP contribution in [0.2, 0.25) is 0 Å². The van der Waals surface area contributed by atoms with Gasteiger partial charge in [-0.1, -0.05) is 13.8 Å². The van der Waals surface area contributed by atoms with Gasteiger partial charge >= 0.3 is 5.97 Å². The number of carboxylic acids is 1. The van der Waals surface area contributed by atoms with E-state index in [1.807, 2.05) is 19.0 Å². The monoisotopic (exact) mass is 286 g/mol. The Hall–Kier alpha value is -1.14. The number of likely N-dealkylation sites (tertiary alicyclic amines) is 1. The van der Waals surface area contributed by atoms with Gasteiger partial charge in [0.15, 0.2) is 0 Å². The zero-order valence-corrected chi connectivity index (χ0v) is 12.8. The molecule has 0 spiro atoms. The molecule has 2 unspecified atom stereocenters. The summed E-state index contributed by atoms with van der Waals surface area (Å²) in [6.45, 7) is 4.63. The summed E-state index contributed by atoms with van der Waals surface area (Å²) in [4.78, 5) is 26.9. The molecule has 0 aromatic rings. The van der Waals surface area contributed by atoms with Crippen LogP contribution >= 0.6 is 0 Å². The number of rotatable bonds is 6. The van der Waals surface area contributed by atoms with E-state index in [4.69, 9.17) is 5.11 Å². The number of carbonyl (C=O) groups excluding carboxylic acids is 1. The molecule has 2 N–H and O–H groups in total. The van der Waals surface area contributed by atoms with Crippen LogP contribution in [0.1, 0.15) is 33.1 Å². The van der Waals surface area contributed by atoms with Crippen molar-refractivity contribution >= 4 is 11.9 Å². The summed E-state index contributed by atoms with van der Waals surface area (Å²) in [5, 5.41) is 18.6. The molecule has 0 aromatic carbocycles. The van der Waals surface area contributed by atoms with Crippen molar-refractivity contribution < 1.29 is 19.8 Å². The molecule has 0 bridgehead atoms. The van der Waals surface area contributed by atoms with Crippen LogP contribution in [-0.4, -0.2) is 71.2 Å². The number of likely N-dealkylation sites (N-methyl/N-ethyl adjacent to an activating group) is 1. The van der Waals surface area contributed by atoms with Crippen LogP contribution in [0.4, 0.5) is 0 Å². The van der Waals surface area contributed by atoms with Gasteiger partial charge in [0.1, 0.15) is 0 Å². The van der Waals surface area contributed by atoms with E-state index >= 15 is 0 Å². The van der Waals surface area contributed by atoms with E-state index < -0.39 is 17.5 Å². The lowest BCUT2D eigenvalue weighted by molar-refractivity contribution is -0.141. The molecule has 1 fully saturated rings. The van der Waals surface area contributed by atoms with Gasteiger partial charge in [0, 0.05) is 25.6 Å². The summed E-state index contributed by atoms with van der Waals surface area (Å²) < 4.78 is 0. The minimum absolute atomic E-state index is 0.00753. The molecule has 6 nitrogen and oxygen atoms in total. The van der Waals surface area contributed by atoms with E-state index in [1.54, 1.807) is 18.7 Å². The Bertz CT molecular complexity index is 368. The molecule has 0 aromatic heterocycles. The third kappa shape index (κ3) is 5.09. The molecule has 1 saturated heterocycles. The Morgan fingerprint density at radius 2 is 1.90 bits per heavy atom. The Labute approximate surface area is 120 Å². The van der Waals surface area contributed by atoms with E-state index in [0.717, 1.165) is 0 Å². The third-order valence-electron chi connectivity index (χ3n) is 3.55. The summed E-state index contributed by atoms with van der Waals surface area (Å²) in [5.74, 6) is -0.964. The smallest absolute Gasteiger partial charge is 0.303 e. The maximum Gasteiger partial charge on any atom is 0.303 e. The van der Waals surface area contributed by atoms with Crippen LogP contribution in [-0.2, 0) is 9.59 Å². The molecule has 20 heavy (non-hydrogen) atoms. The zero-order valence-electron chi connectivity index (χ0n) is 12.8. The second kappa shape index (κ2) is 6.54. The fourth-order valence-electron chi connectivity index (χ4n) is 2.77. The van der Waals surface area contributed by atoms with Crippen LogP contribution in [0.25, 0.3) is 0 Å². The van der Waals surface area contributed by atoms with E-state index in [2.05, 4.69) is 0 Å². The van der Waals surface area contributed by atoms with Gasteiger partial charge < -0.3 is 20.0 Å². The van der Waals surface area contributed by atoms with Crippen LogP contribution in [0.5, 0.6) is 0 Å². The van der Waals surface area contributed by atoms with Crippen molar-refractivity contribution in [3.05, 3.63) is 0 Å². The summed E-state index contributed by atoms with van der Waals surface area (Å²) in [5.41, 5.74) is -0.570. The van der Waals surface area contributed by atoms with Crippen molar-refractivity contribution in [3.63, 3.8) is 0 Å². The maximum absolute atomic E-state index is 12.4. The molecule has 2 atom stereocenters. The van der Waals surface area contributed by atoms with Gasteiger partial charge in [0.25, 0.3) is 0 Å². The average molecular weight is 286 g/mol. The lowest BCUT2D eigenvalue weighted by Gasteiger charge is -2.30. The van der Waals surface area contributed by atoms with E-state index in [-0.39, 0.29) is 24.8 Å². The molecular weight excluding hydrogens is 260 g/mol. The molecule has 0 saturated carbocycles. The van der Waals surface area contributed by atoms with E-state index in [9.17, 15) is 14.7 Å². The zero-order chi connectivity index (χ0) is 15.5. The molecule has 1 aliphatic heterocycles. The van der Waals surface area contributed by atoms with Gasteiger partial charge in [-0.25, -0.2) is 0 Å². The number of nitrogens with zero attached hydrogens (tertiary/aromatic N) is 2. The normalized spacial score (nSPS) is 23.4. The third-order valence-corrected chi connectivity index (χ3v) is 3.55. The van der Waals surface area contributed by atoms with Gasteiger partial charge in [0.05, 0.1) is 12.5 Å². The molecule has 0 aliphatic carbocycles. The molecule has 1 amide bonds. The quantitative estimate of drug-likeness (QED) is 0.739. The van der Waals surface area contributed by atoms with Crippen molar-refractivity contribution in [3.8, 4) is 0 Å². The number of aliphatic carboxylic acids is 1. The number of hydrogen-bond acceptors (Lipinski definition) is 4. The topological polar surface area (TPSA) is 81.1 Å². The Kier molecular flexibility index (Phi) is 5.53. The highest BCUT2D eigenvalue weighted by Gasteiger charge is 2.36. The second-order valence-electron chi connectivity index (χ2n) is 6.76. The van der Waals surface area contributed by atoms with Gasteiger partial charge in [-0.15, -0.1) is 0 Å². The summed E-state index contributed by atoms with van der Waals surface area (Å²) >= 11 is 0. The Morgan fingerprint density at radius 3 is 2.40 bits per heavy atom. The average Bonchev–Trinajstić information content (AvgIpc) is 2.55. The Morgan fingerprint density at radius 1 is 1.30 bits per heavy atom. The molecule has 0 radical (unpaired) electrons. The van der Waals surface area contributed by atoms with Crippen molar-refractivity contribution in [2.24, 2.45) is 5.41 Å². The maximum atomic E-state index is 12.4. The minimum atomic E-state index is -0.894. The number of carboxylic acid groups (broad SMARTS) is 1. The van der Waals surface area contributed by atoms with Crippen molar-refractivity contribution in [1.82, 2.24) is 9.80 Å². The van der Waals surface area contributed by atoms with Crippen LogP contribution in [0, 0.1) is 5.41 Å². The van der Waals surface area contributed by atoms with Gasteiger partial charge in [0.2, 0.25) is 5.91 Å². The first-order valence-corrected chi connectivity index (χ1v) is 6.95. The number of hydrogen-bond donors (Lipinski definition) is 2. The van der Waals surface area contributed by atoms with Gasteiger partial charge in [-0.2, -0.15) is 0 Å². The highest BCUT2D eigenvalue weighted by Crippen LogP contribution is 2.28. The fourth-order valence-corrected chi connectivity index (χ4v) is 2.77. The number of β-amino-alcohol motifs (C(OH)–C–C–N with tert-alkyl or cyclic N) is 1. The first-order valence-electron chi connectivity index (χ1n) is 6.95.